The van der Waals surface area contributed by atoms with Crippen LogP contribution in [0.25, 0.3) is 0 Å². The summed E-state index contributed by atoms with van der Waals surface area (Å²) in [7, 11) is -3.59. The largest absolute Gasteiger partial charge is 0.404 e. The molecule has 1 heterocycles. The van der Waals surface area contributed by atoms with Crippen LogP contribution in [0.2, 0.25) is 0 Å². The Morgan fingerprint density at radius 3 is 1.76 bits per heavy atom. The van der Waals surface area contributed by atoms with Gasteiger partial charge in [-0.25, -0.2) is 8.37 Å². The van der Waals surface area contributed by atoms with Crippen LogP contribution in [0.5, 0.6) is 0 Å². The fourth-order valence-electron chi connectivity index (χ4n) is 1.99. The van der Waals surface area contributed by atoms with Crippen LogP contribution in [0.15, 0.2) is 0 Å². The lowest BCUT2D eigenvalue weighted by atomic mass is 10.1. The van der Waals surface area contributed by atoms with Gasteiger partial charge in [0.2, 0.25) is 0 Å². The van der Waals surface area contributed by atoms with Crippen molar-refractivity contribution >= 4 is 10.4 Å². The molecule has 0 aromatic rings. The van der Waals surface area contributed by atoms with E-state index >= 15 is 0 Å². The molecule has 0 bridgehead atoms. The third-order valence-corrected chi connectivity index (χ3v) is 3.89. The summed E-state index contributed by atoms with van der Waals surface area (Å²) in [4.78, 5) is 0. The molecule has 102 valence electrons. The van der Waals surface area contributed by atoms with E-state index in [1.165, 1.54) is 44.9 Å². The normalized spacial score (nSPS) is 19.1. The first-order valence-corrected chi connectivity index (χ1v) is 8.09. The quantitative estimate of drug-likeness (QED) is 0.566. The second-order valence-electron chi connectivity index (χ2n) is 4.65. The van der Waals surface area contributed by atoms with Gasteiger partial charge in [-0.3, -0.25) is 0 Å². The zero-order valence-electron chi connectivity index (χ0n) is 10.7. The smallest absolute Gasteiger partial charge is 0.215 e. The van der Waals surface area contributed by atoms with Crippen molar-refractivity contribution in [3.05, 3.63) is 0 Å². The molecule has 0 aliphatic carbocycles. The first kappa shape index (κ1) is 14.9. The molecule has 17 heavy (non-hydrogen) atoms. The first-order chi connectivity index (χ1) is 8.14. The second-order valence-corrected chi connectivity index (χ2v) is 5.85. The lowest BCUT2D eigenvalue weighted by Gasteiger charge is -2.24. The summed E-state index contributed by atoms with van der Waals surface area (Å²) in [6, 6.07) is 0. The molecule has 1 saturated heterocycles. The van der Waals surface area contributed by atoms with Crippen molar-refractivity contribution in [1.29, 1.82) is 0 Å². The van der Waals surface area contributed by atoms with Gasteiger partial charge in [-0.05, 0) is 6.42 Å². The van der Waals surface area contributed by atoms with Crippen molar-refractivity contribution in [2.24, 2.45) is 0 Å². The molecule has 4 nitrogen and oxygen atoms in total. The Bertz CT molecular complexity index is 275. The standard InChI is InChI=1S/C12H24O4S/c1-2-3-4-5-6-7-8-9-10-11-12-15-17(13,14)16-12/h12H,2-11H2,1H3. The Balaban J connectivity index is 1.76. The maximum absolute atomic E-state index is 10.5. The van der Waals surface area contributed by atoms with E-state index < -0.39 is 16.7 Å². The summed E-state index contributed by atoms with van der Waals surface area (Å²) >= 11 is 0. The van der Waals surface area contributed by atoms with Crippen LogP contribution in [-0.2, 0) is 18.8 Å². The van der Waals surface area contributed by atoms with E-state index in [0.29, 0.717) is 6.42 Å². The minimum Gasteiger partial charge on any atom is -0.215 e. The molecular weight excluding hydrogens is 240 g/mol. The Kier molecular flexibility index (Phi) is 7.08. The molecule has 0 atom stereocenters. The van der Waals surface area contributed by atoms with Gasteiger partial charge in [-0.15, -0.1) is 0 Å². The summed E-state index contributed by atoms with van der Waals surface area (Å²) in [6.45, 7) is 2.23. The minimum absolute atomic E-state index is 0.510. The number of hydrogen-bond acceptors (Lipinski definition) is 4. The second kappa shape index (κ2) is 8.06. The highest BCUT2D eigenvalue weighted by Crippen LogP contribution is 2.23. The zero-order valence-corrected chi connectivity index (χ0v) is 11.5. The van der Waals surface area contributed by atoms with Crippen molar-refractivity contribution < 1.29 is 16.8 Å². The Hall–Kier alpha value is -0.130. The SMILES string of the molecule is CCCCCCCCCCCC1OS(=O)(=O)O1. The van der Waals surface area contributed by atoms with Crippen molar-refractivity contribution in [2.45, 2.75) is 77.4 Å². The van der Waals surface area contributed by atoms with E-state index in [1.807, 2.05) is 0 Å². The van der Waals surface area contributed by atoms with E-state index in [1.54, 1.807) is 0 Å². The third-order valence-electron chi connectivity index (χ3n) is 2.99. The maximum Gasteiger partial charge on any atom is 0.404 e. The Labute approximate surface area is 105 Å². The Morgan fingerprint density at radius 1 is 0.824 bits per heavy atom. The van der Waals surface area contributed by atoms with Gasteiger partial charge >= 0.3 is 10.4 Å². The van der Waals surface area contributed by atoms with Gasteiger partial charge in [0.1, 0.15) is 0 Å². The third kappa shape index (κ3) is 7.01. The molecule has 5 heteroatoms. The van der Waals surface area contributed by atoms with Crippen LogP contribution in [-0.4, -0.2) is 14.7 Å². The van der Waals surface area contributed by atoms with E-state index in [2.05, 4.69) is 15.3 Å². The van der Waals surface area contributed by atoms with Gasteiger partial charge in [-0.1, -0.05) is 58.3 Å². The molecule has 0 N–H and O–H groups in total. The van der Waals surface area contributed by atoms with Gasteiger partial charge in [0, 0.05) is 6.42 Å². The molecule has 0 unspecified atom stereocenters. The lowest BCUT2D eigenvalue weighted by molar-refractivity contribution is -0.0842. The highest BCUT2D eigenvalue weighted by Gasteiger charge is 2.35. The van der Waals surface area contributed by atoms with Gasteiger partial charge in [0.15, 0.2) is 6.29 Å². The molecule has 1 fully saturated rings. The number of hydrogen-bond donors (Lipinski definition) is 0. The molecule has 0 aromatic heterocycles. The van der Waals surface area contributed by atoms with Crippen molar-refractivity contribution in [3.8, 4) is 0 Å². The van der Waals surface area contributed by atoms with Crippen LogP contribution in [0.4, 0.5) is 0 Å². The number of rotatable bonds is 10. The molecular formula is C12H24O4S. The fraction of sp³-hybridized carbons (Fsp3) is 1.00. The molecule has 0 aromatic carbocycles. The summed E-state index contributed by atoms with van der Waals surface area (Å²) < 4.78 is 30.1. The van der Waals surface area contributed by atoms with Crippen molar-refractivity contribution in [3.63, 3.8) is 0 Å². The molecule has 0 saturated carbocycles. The lowest BCUT2D eigenvalue weighted by Crippen LogP contribution is -2.35. The molecule has 1 aliphatic rings. The van der Waals surface area contributed by atoms with Crippen LogP contribution in [0.3, 0.4) is 0 Å². The molecule has 1 aliphatic heterocycles. The van der Waals surface area contributed by atoms with Crippen LogP contribution >= 0.6 is 0 Å². The zero-order chi connectivity index (χ0) is 12.6. The molecule has 1 rings (SSSR count). The van der Waals surface area contributed by atoms with Gasteiger partial charge in [0.25, 0.3) is 0 Å². The highest BCUT2D eigenvalue weighted by molar-refractivity contribution is 7.82. The van der Waals surface area contributed by atoms with Gasteiger partial charge in [0.05, 0.1) is 0 Å². The summed E-state index contributed by atoms with van der Waals surface area (Å²) in [5, 5.41) is 0. The van der Waals surface area contributed by atoms with E-state index in [-0.39, 0.29) is 0 Å². The molecule has 0 radical (unpaired) electrons. The average molecular weight is 264 g/mol. The van der Waals surface area contributed by atoms with E-state index in [4.69, 9.17) is 0 Å². The predicted octanol–water partition coefficient (Wildman–Crippen LogP) is 3.53. The maximum atomic E-state index is 10.5. The van der Waals surface area contributed by atoms with Crippen molar-refractivity contribution in [2.75, 3.05) is 0 Å². The van der Waals surface area contributed by atoms with E-state index in [0.717, 1.165) is 12.8 Å². The molecule has 0 spiro atoms. The Morgan fingerprint density at radius 2 is 1.29 bits per heavy atom. The summed E-state index contributed by atoms with van der Waals surface area (Å²) in [6.07, 6.45) is 11.5. The first-order valence-electron chi connectivity index (χ1n) is 6.75. The average Bonchev–Trinajstić information content (AvgIpc) is 2.24. The van der Waals surface area contributed by atoms with Crippen LogP contribution in [0, 0.1) is 0 Å². The molecule has 0 amide bonds. The summed E-state index contributed by atoms with van der Waals surface area (Å²) in [5.41, 5.74) is 0. The van der Waals surface area contributed by atoms with Gasteiger partial charge in [-0.2, -0.15) is 8.42 Å². The predicted molar refractivity (Wildman–Crippen MR) is 66.7 cm³/mol. The highest BCUT2D eigenvalue weighted by atomic mass is 32.3. The fourth-order valence-corrected chi connectivity index (χ4v) is 2.72. The van der Waals surface area contributed by atoms with Crippen LogP contribution in [0.1, 0.15) is 71.1 Å². The monoisotopic (exact) mass is 264 g/mol. The number of unbranched alkanes of at least 4 members (excludes halogenated alkanes) is 8. The topological polar surface area (TPSA) is 52.6 Å². The van der Waals surface area contributed by atoms with Crippen molar-refractivity contribution in [1.82, 2.24) is 0 Å². The van der Waals surface area contributed by atoms with Crippen LogP contribution < -0.4 is 0 Å². The van der Waals surface area contributed by atoms with Gasteiger partial charge < -0.3 is 0 Å². The minimum atomic E-state index is -3.59. The summed E-state index contributed by atoms with van der Waals surface area (Å²) in [5.74, 6) is 0. The van der Waals surface area contributed by atoms with E-state index in [9.17, 15) is 8.42 Å².